The SMILES string of the molecule is C=C(C(=O)c1ccco1)c1cncs1. The summed E-state index contributed by atoms with van der Waals surface area (Å²) in [6.45, 7) is 3.71. The van der Waals surface area contributed by atoms with Gasteiger partial charge in [-0.3, -0.25) is 9.78 Å². The van der Waals surface area contributed by atoms with Crippen LogP contribution in [0.15, 0.2) is 41.1 Å². The summed E-state index contributed by atoms with van der Waals surface area (Å²) >= 11 is 1.38. The molecule has 0 aliphatic carbocycles. The lowest BCUT2D eigenvalue weighted by Gasteiger charge is -1.97. The molecule has 0 atom stereocenters. The molecule has 2 aromatic rings. The molecule has 0 amide bonds. The van der Waals surface area contributed by atoms with Gasteiger partial charge in [-0.25, -0.2) is 0 Å². The highest BCUT2D eigenvalue weighted by molar-refractivity contribution is 7.11. The predicted molar refractivity (Wildman–Crippen MR) is 54.2 cm³/mol. The molecule has 0 aliphatic heterocycles. The van der Waals surface area contributed by atoms with Crippen LogP contribution < -0.4 is 0 Å². The summed E-state index contributed by atoms with van der Waals surface area (Å²) in [5.41, 5.74) is 2.08. The summed E-state index contributed by atoms with van der Waals surface area (Å²) in [6, 6.07) is 3.29. The van der Waals surface area contributed by atoms with Gasteiger partial charge in [-0.2, -0.15) is 0 Å². The fourth-order valence-corrected chi connectivity index (χ4v) is 1.63. The van der Waals surface area contributed by atoms with Crippen LogP contribution in [-0.4, -0.2) is 10.8 Å². The number of carbonyl (C=O) groups excluding carboxylic acids is 1. The van der Waals surface area contributed by atoms with Gasteiger partial charge in [0.05, 0.1) is 16.7 Å². The van der Waals surface area contributed by atoms with E-state index in [4.69, 9.17) is 4.42 Å². The van der Waals surface area contributed by atoms with Gasteiger partial charge in [0.2, 0.25) is 5.78 Å². The average Bonchev–Trinajstić information content (AvgIpc) is 2.87. The first-order valence-corrected chi connectivity index (χ1v) is 4.83. The molecule has 0 fully saturated rings. The molecule has 2 aromatic heterocycles. The van der Waals surface area contributed by atoms with Gasteiger partial charge in [-0.15, -0.1) is 11.3 Å². The van der Waals surface area contributed by atoms with Gasteiger partial charge in [-0.05, 0) is 12.1 Å². The number of hydrogen-bond donors (Lipinski definition) is 0. The Bertz CT molecular complexity index is 398. The lowest BCUT2D eigenvalue weighted by Crippen LogP contribution is -1.98. The Morgan fingerprint density at radius 1 is 1.57 bits per heavy atom. The molecule has 14 heavy (non-hydrogen) atoms. The van der Waals surface area contributed by atoms with Crippen LogP contribution in [0, 0.1) is 0 Å². The van der Waals surface area contributed by atoms with Crippen LogP contribution in [0.1, 0.15) is 15.4 Å². The summed E-state index contributed by atoms with van der Waals surface area (Å²) < 4.78 is 4.99. The number of carbonyl (C=O) groups is 1. The quantitative estimate of drug-likeness (QED) is 0.571. The molecule has 3 nitrogen and oxygen atoms in total. The Kier molecular flexibility index (Phi) is 2.28. The molecular formula is C10H7NO2S. The third-order valence-electron chi connectivity index (χ3n) is 1.75. The molecule has 2 rings (SSSR count). The van der Waals surface area contributed by atoms with Crippen LogP contribution in [0.2, 0.25) is 0 Å². The highest BCUT2D eigenvalue weighted by atomic mass is 32.1. The van der Waals surface area contributed by atoms with Gasteiger partial charge in [0.15, 0.2) is 5.76 Å². The maximum Gasteiger partial charge on any atom is 0.229 e. The van der Waals surface area contributed by atoms with Gasteiger partial charge >= 0.3 is 0 Å². The van der Waals surface area contributed by atoms with Crippen molar-refractivity contribution in [2.45, 2.75) is 0 Å². The van der Waals surface area contributed by atoms with E-state index in [2.05, 4.69) is 11.6 Å². The maximum atomic E-state index is 11.7. The van der Waals surface area contributed by atoms with Crippen molar-refractivity contribution in [1.29, 1.82) is 0 Å². The number of ketones is 1. The molecule has 0 spiro atoms. The highest BCUT2D eigenvalue weighted by Gasteiger charge is 2.15. The number of aromatic nitrogens is 1. The number of thiazole rings is 1. The van der Waals surface area contributed by atoms with Crippen molar-refractivity contribution >= 4 is 22.7 Å². The Labute approximate surface area is 84.7 Å². The Morgan fingerprint density at radius 2 is 2.43 bits per heavy atom. The minimum Gasteiger partial charge on any atom is -0.461 e. The zero-order chi connectivity index (χ0) is 9.97. The first-order chi connectivity index (χ1) is 6.79. The molecule has 2 heterocycles. The number of hydrogen-bond acceptors (Lipinski definition) is 4. The minimum absolute atomic E-state index is 0.195. The monoisotopic (exact) mass is 205 g/mol. The summed E-state index contributed by atoms with van der Waals surface area (Å²) in [6.07, 6.45) is 3.08. The topological polar surface area (TPSA) is 43.1 Å². The van der Waals surface area contributed by atoms with E-state index in [9.17, 15) is 4.79 Å². The van der Waals surface area contributed by atoms with Crippen LogP contribution >= 0.6 is 11.3 Å². The van der Waals surface area contributed by atoms with E-state index in [1.54, 1.807) is 23.8 Å². The van der Waals surface area contributed by atoms with E-state index in [-0.39, 0.29) is 5.78 Å². The standard InChI is InChI=1S/C10H7NO2S/c1-7(9-5-11-6-14-9)10(12)8-3-2-4-13-8/h2-6H,1H2. The van der Waals surface area contributed by atoms with Gasteiger partial charge < -0.3 is 4.42 Å². The Hall–Kier alpha value is -1.68. The van der Waals surface area contributed by atoms with E-state index in [1.807, 2.05) is 0 Å². The molecule has 70 valence electrons. The van der Waals surface area contributed by atoms with Crippen molar-refractivity contribution in [2.75, 3.05) is 0 Å². The normalized spacial score (nSPS) is 10.0. The van der Waals surface area contributed by atoms with Crippen molar-refractivity contribution in [3.63, 3.8) is 0 Å². The average molecular weight is 205 g/mol. The molecule has 4 heteroatoms. The molecule has 0 radical (unpaired) electrons. The molecule has 0 aliphatic rings. The van der Waals surface area contributed by atoms with Crippen LogP contribution in [0.25, 0.3) is 5.57 Å². The van der Waals surface area contributed by atoms with Crippen LogP contribution in [0.3, 0.4) is 0 Å². The fourth-order valence-electron chi connectivity index (χ4n) is 1.03. The summed E-state index contributed by atoms with van der Waals surface area (Å²) in [5.74, 6) is 0.114. The maximum absolute atomic E-state index is 11.7. The molecule has 0 aromatic carbocycles. The number of Topliss-reactive ketones (excluding diaryl/α,β-unsaturated/α-hetero) is 1. The Morgan fingerprint density at radius 3 is 3.00 bits per heavy atom. The van der Waals surface area contributed by atoms with Crippen molar-refractivity contribution in [2.24, 2.45) is 0 Å². The highest BCUT2D eigenvalue weighted by Crippen LogP contribution is 2.21. The number of rotatable bonds is 3. The second-order valence-electron chi connectivity index (χ2n) is 2.65. The smallest absolute Gasteiger partial charge is 0.229 e. The Balaban J connectivity index is 2.26. The largest absolute Gasteiger partial charge is 0.461 e. The van der Waals surface area contributed by atoms with Gasteiger partial charge in [0.1, 0.15) is 0 Å². The van der Waals surface area contributed by atoms with E-state index >= 15 is 0 Å². The molecule has 0 N–H and O–H groups in total. The summed E-state index contributed by atoms with van der Waals surface area (Å²) in [4.78, 5) is 16.3. The van der Waals surface area contributed by atoms with Crippen LogP contribution in [-0.2, 0) is 0 Å². The molecule has 0 saturated heterocycles. The lowest BCUT2D eigenvalue weighted by atomic mass is 10.1. The first-order valence-electron chi connectivity index (χ1n) is 3.95. The van der Waals surface area contributed by atoms with Gasteiger partial charge in [-0.1, -0.05) is 6.58 Å². The van der Waals surface area contributed by atoms with Gasteiger partial charge in [0, 0.05) is 11.8 Å². The van der Waals surface area contributed by atoms with E-state index in [0.717, 1.165) is 4.88 Å². The molecular weight excluding hydrogens is 198 g/mol. The summed E-state index contributed by atoms with van der Waals surface area (Å²) in [7, 11) is 0. The predicted octanol–water partition coefficient (Wildman–Crippen LogP) is 2.63. The van der Waals surface area contributed by atoms with Crippen LogP contribution in [0.4, 0.5) is 0 Å². The molecule has 0 unspecified atom stereocenters. The van der Waals surface area contributed by atoms with E-state index in [1.165, 1.54) is 17.6 Å². The number of allylic oxidation sites excluding steroid dienone is 1. The zero-order valence-electron chi connectivity index (χ0n) is 7.27. The second kappa shape index (κ2) is 3.59. The lowest BCUT2D eigenvalue weighted by molar-refractivity contribution is 0.103. The number of furan rings is 1. The van der Waals surface area contributed by atoms with E-state index < -0.39 is 0 Å². The third kappa shape index (κ3) is 1.52. The summed E-state index contributed by atoms with van der Waals surface area (Å²) in [5, 5.41) is 0. The van der Waals surface area contributed by atoms with Crippen molar-refractivity contribution in [3.05, 3.63) is 47.3 Å². The van der Waals surface area contributed by atoms with Crippen LogP contribution in [0.5, 0.6) is 0 Å². The molecule has 0 bridgehead atoms. The number of nitrogens with zero attached hydrogens (tertiary/aromatic N) is 1. The zero-order valence-corrected chi connectivity index (χ0v) is 8.08. The fraction of sp³-hybridized carbons (Fsp3) is 0. The van der Waals surface area contributed by atoms with Gasteiger partial charge in [0.25, 0.3) is 0 Å². The van der Waals surface area contributed by atoms with Crippen molar-refractivity contribution in [1.82, 2.24) is 4.98 Å². The molecule has 0 saturated carbocycles. The van der Waals surface area contributed by atoms with E-state index in [0.29, 0.717) is 11.3 Å². The van der Waals surface area contributed by atoms with Crippen molar-refractivity contribution in [3.8, 4) is 0 Å². The minimum atomic E-state index is -0.195. The second-order valence-corrected chi connectivity index (χ2v) is 3.54. The first kappa shape index (κ1) is 8.90. The third-order valence-corrected chi connectivity index (χ3v) is 2.58. The van der Waals surface area contributed by atoms with Crippen molar-refractivity contribution < 1.29 is 9.21 Å².